The Bertz CT molecular complexity index is 376. The average molecular weight is 437 g/mol. The second-order valence-corrected chi connectivity index (χ2v) is 12.4. The van der Waals surface area contributed by atoms with Crippen molar-refractivity contribution in [3.63, 3.8) is 0 Å². The second-order valence-electron chi connectivity index (χ2n) is 9.02. The van der Waals surface area contributed by atoms with Gasteiger partial charge in [-0.25, -0.2) is 9.34 Å². The molecule has 0 bridgehead atoms. The van der Waals surface area contributed by atoms with Crippen molar-refractivity contribution in [2.75, 3.05) is 20.4 Å². The molecule has 1 saturated carbocycles. The van der Waals surface area contributed by atoms with Gasteiger partial charge in [0.25, 0.3) is 0 Å². The van der Waals surface area contributed by atoms with E-state index < -0.39 is 16.8 Å². The van der Waals surface area contributed by atoms with Gasteiger partial charge in [0.1, 0.15) is 0 Å². The summed E-state index contributed by atoms with van der Waals surface area (Å²) in [5, 5.41) is 0. The minimum atomic E-state index is -0.784. The maximum Gasteiger partial charge on any atom is 0.189 e. The van der Waals surface area contributed by atoms with E-state index in [-0.39, 0.29) is 0 Å². The van der Waals surface area contributed by atoms with Crippen LogP contribution in [0.3, 0.4) is 0 Å². The van der Waals surface area contributed by atoms with Crippen molar-refractivity contribution < 1.29 is 13.6 Å². The molecule has 0 amide bonds. The van der Waals surface area contributed by atoms with Crippen LogP contribution in [0.1, 0.15) is 81.1 Å². The zero-order chi connectivity index (χ0) is 21.4. The largest absolute Gasteiger partial charge is 0.337 e. The van der Waals surface area contributed by atoms with Crippen LogP contribution in [0.25, 0.3) is 0 Å². The standard InChI is InChI=1S/C21H46N2O3P2/c1-16(2)22(17(3)4)28(23(18(5)6)19(7)8)26-21-13-11-20(12-14-21)15-27(24-9)25-10/h16-21H,11-15H2,1-10H3. The van der Waals surface area contributed by atoms with Crippen molar-refractivity contribution in [3.8, 4) is 0 Å². The molecule has 5 nitrogen and oxygen atoms in total. The highest BCUT2D eigenvalue weighted by Gasteiger charge is 2.37. The van der Waals surface area contributed by atoms with E-state index in [2.05, 4.69) is 64.7 Å². The SMILES string of the molecule is COP(CC1CCC(OP(N(C(C)C)C(C)C)N(C(C)C)C(C)C)CC1)OC. The maximum absolute atomic E-state index is 6.93. The van der Waals surface area contributed by atoms with Gasteiger partial charge < -0.3 is 13.6 Å². The number of nitrogens with zero attached hydrogens (tertiary/aromatic N) is 2. The monoisotopic (exact) mass is 436 g/mol. The molecule has 0 aromatic heterocycles. The fourth-order valence-electron chi connectivity index (χ4n) is 4.20. The van der Waals surface area contributed by atoms with Crippen molar-refractivity contribution in [3.05, 3.63) is 0 Å². The molecule has 0 heterocycles. The Morgan fingerprint density at radius 1 is 0.714 bits per heavy atom. The van der Waals surface area contributed by atoms with Crippen molar-refractivity contribution >= 4 is 16.8 Å². The van der Waals surface area contributed by atoms with Crippen LogP contribution in [0.15, 0.2) is 0 Å². The molecule has 0 N–H and O–H groups in total. The highest BCUT2D eigenvalue weighted by atomic mass is 31.2. The van der Waals surface area contributed by atoms with Gasteiger partial charge in [-0.05, 0) is 87.0 Å². The third kappa shape index (κ3) is 8.06. The Labute approximate surface area is 177 Å². The summed E-state index contributed by atoms with van der Waals surface area (Å²) in [5.41, 5.74) is 0. The van der Waals surface area contributed by atoms with Crippen LogP contribution in [0, 0.1) is 5.92 Å². The summed E-state index contributed by atoms with van der Waals surface area (Å²) in [4.78, 5) is 0. The number of rotatable bonds is 12. The predicted molar refractivity (Wildman–Crippen MR) is 124 cm³/mol. The van der Waals surface area contributed by atoms with E-state index >= 15 is 0 Å². The Kier molecular flexibility index (Phi) is 12.5. The highest BCUT2D eigenvalue weighted by molar-refractivity contribution is 7.47. The van der Waals surface area contributed by atoms with Gasteiger partial charge in [0.15, 0.2) is 16.8 Å². The van der Waals surface area contributed by atoms with Gasteiger partial charge in [-0.3, -0.25) is 0 Å². The Morgan fingerprint density at radius 2 is 1.11 bits per heavy atom. The van der Waals surface area contributed by atoms with E-state index in [9.17, 15) is 0 Å². The second kappa shape index (κ2) is 13.2. The van der Waals surface area contributed by atoms with Gasteiger partial charge in [-0.1, -0.05) is 0 Å². The van der Waals surface area contributed by atoms with Gasteiger partial charge in [-0.15, -0.1) is 0 Å². The van der Waals surface area contributed by atoms with E-state index in [1.165, 1.54) is 12.8 Å². The molecule has 0 radical (unpaired) electrons. The van der Waals surface area contributed by atoms with Crippen LogP contribution in [-0.2, 0) is 13.6 Å². The molecule has 0 spiro atoms. The lowest BCUT2D eigenvalue weighted by molar-refractivity contribution is 0.105. The Morgan fingerprint density at radius 3 is 1.43 bits per heavy atom. The first kappa shape index (κ1) is 26.7. The van der Waals surface area contributed by atoms with Gasteiger partial charge in [0.05, 0.1) is 6.10 Å². The first-order chi connectivity index (χ1) is 13.1. The van der Waals surface area contributed by atoms with Gasteiger partial charge in [-0.2, -0.15) is 0 Å². The molecule has 1 aliphatic carbocycles. The molecule has 0 atom stereocenters. The number of hydrogen-bond acceptors (Lipinski definition) is 5. The molecule has 168 valence electrons. The maximum atomic E-state index is 6.93. The third-order valence-electron chi connectivity index (χ3n) is 5.36. The molecule has 0 aromatic rings. The zero-order valence-electron chi connectivity index (χ0n) is 20.0. The summed E-state index contributed by atoms with van der Waals surface area (Å²) in [6.45, 7) is 18.4. The molecule has 0 aliphatic heterocycles. The summed E-state index contributed by atoms with van der Waals surface area (Å²) in [6.07, 6.45) is 6.14. The molecule has 1 fully saturated rings. The molecule has 0 unspecified atom stereocenters. The van der Waals surface area contributed by atoms with Crippen LogP contribution >= 0.6 is 16.8 Å². The Balaban J connectivity index is 2.85. The fourth-order valence-corrected chi connectivity index (χ4v) is 7.95. The molecule has 7 heteroatoms. The third-order valence-corrected chi connectivity index (χ3v) is 10.1. The van der Waals surface area contributed by atoms with E-state index in [1.807, 2.05) is 0 Å². The molecule has 1 aliphatic rings. The van der Waals surface area contributed by atoms with Crippen LogP contribution < -0.4 is 0 Å². The van der Waals surface area contributed by atoms with Crippen LogP contribution in [0.5, 0.6) is 0 Å². The summed E-state index contributed by atoms with van der Waals surface area (Å²) in [6, 6.07) is 1.87. The normalized spacial score (nSPS) is 21.6. The first-order valence-electron chi connectivity index (χ1n) is 11.0. The van der Waals surface area contributed by atoms with E-state index in [0.717, 1.165) is 19.0 Å². The lowest BCUT2D eigenvalue weighted by Gasteiger charge is -2.47. The van der Waals surface area contributed by atoms with Crippen LogP contribution in [0.2, 0.25) is 0 Å². The van der Waals surface area contributed by atoms with E-state index in [0.29, 0.717) is 36.2 Å². The van der Waals surface area contributed by atoms with Crippen molar-refractivity contribution in [1.29, 1.82) is 0 Å². The summed E-state index contributed by atoms with van der Waals surface area (Å²) >= 11 is 0. The topological polar surface area (TPSA) is 34.2 Å². The van der Waals surface area contributed by atoms with Crippen LogP contribution in [0.4, 0.5) is 0 Å². The smallest absolute Gasteiger partial charge is 0.189 e. The molecular weight excluding hydrogens is 390 g/mol. The van der Waals surface area contributed by atoms with Crippen molar-refractivity contribution in [1.82, 2.24) is 9.34 Å². The van der Waals surface area contributed by atoms with Gasteiger partial charge >= 0.3 is 0 Å². The molecule has 0 aromatic carbocycles. The first-order valence-corrected chi connectivity index (χ1v) is 13.5. The van der Waals surface area contributed by atoms with Crippen LogP contribution in [-0.4, -0.2) is 60.0 Å². The highest BCUT2D eigenvalue weighted by Crippen LogP contribution is 2.53. The van der Waals surface area contributed by atoms with E-state index in [1.54, 1.807) is 14.2 Å². The molecule has 1 rings (SSSR count). The van der Waals surface area contributed by atoms with Crippen molar-refractivity contribution in [2.45, 2.75) is 111 Å². The minimum absolute atomic E-state index is 0.360. The summed E-state index contributed by atoms with van der Waals surface area (Å²) in [5.74, 6) is 0.703. The van der Waals surface area contributed by atoms with Gasteiger partial charge in [0.2, 0.25) is 0 Å². The Hall–Kier alpha value is 0.660. The average Bonchev–Trinajstić information content (AvgIpc) is 2.59. The lowest BCUT2D eigenvalue weighted by Crippen LogP contribution is -2.44. The fraction of sp³-hybridized carbons (Fsp3) is 1.00. The van der Waals surface area contributed by atoms with E-state index in [4.69, 9.17) is 13.6 Å². The summed E-state index contributed by atoms with van der Waals surface area (Å²) in [7, 11) is 2.02. The molecule has 28 heavy (non-hydrogen) atoms. The zero-order valence-corrected chi connectivity index (χ0v) is 21.8. The predicted octanol–water partition coefficient (Wildman–Crippen LogP) is 6.63. The minimum Gasteiger partial charge on any atom is -0.337 e. The quantitative estimate of drug-likeness (QED) is 0.321. The molecular formula is C21H46N2O3P2. The molecule has 0 saturated heterocycles. The van der Waals surface area contributed by atoms with Gasteiger partial charge in [0, 0.05) is 44.5 Å². The number of hydrogen-bond donors (Lipinski definition) is 0. The summed E-state index contributed by atoms with van der Waals surface area (Å²) < 4.78 is 23.0. The lowest BCUT2D eigenvalue weighted by atomic mass is 9.89. The van der Waals surface area contributed by atoms with Crippen molar-refractivity contribution in [2.24, 2.45) is 5.92 Å².